The minimum atomic E-state index is -0.207. The first-order valence-corrected chi connectivity index (χ1v) is 4.81. The Morgan fingerprint density at radius 3 is 3.21 bits per heavy atom. The molecular weight excluding hydrogens is 180 g/mol. The van der Waals surface area contributed by atoms with E-state index in [0.717, 1.165) is 25.3 Å². The fourth-order valence-corrected chi connectivity index (χ4v) is 1.83. The molecular formula is C9H14N4O. The Kier molecular flexibility index (Phi) is 2.39. The quantitative estimate of drug-likeness (QED) is 0.701. The van der Waals surface area contributed by atoms with Crippen LogP contribution in [-0.2, 0) is 4.79 Å². The van der Waals surface area contributed by atoms with E-state index in [4.69, 9.17) is 5.73 Å². The Morgan fingerprint density at radius 1 is 1.71 bits per heavy atom. The molecule has 1 fully saturated rings. The van der Waals surface area contributed by atoms with E-state index in [-0.39, 0.29) is 11.8 Å². The second-order valence-corrected chi connectivity index (χ2v) is 3.60. The SMILES string of the molecule is NC(=O)C1CCCN(c2ncc[nH]2)C1. The molecule has 2 heterocycles. The first kappa shape index (κ1) is 9.05. The lowest BCUT2D eigenvalue weighted by Crippen LogP contribution is -2.41. The van der Waals surface area contributed by atoms with Crippen LogP contribution in [-0.4, -0.2) is 29.0 Å². The number of hydrogen-bond donors (Lipinski definition) is 2. The number of carbonyl (C=O) groups excluding carboxylic acids is 1. The highest BCUT2D eigenvalue weighted by atomic mass is 16.1. The van der Waals surface area contributed by atoms with Gasteiger partial charge in [0, 0.05) is 25.5 Å². The van der Waals surface area contributed by atoms with Gasteiger partial charge in [0.25, 0.3) is 0 Å². The second-order valence-electron chi connectivity index (χ2n) is 3.60. The number of amides is 1. The van der Waals surface area contributed by atoms with Crippen LogP contribution in [0.3, 0.4) is 0 Å². The normalized spacial score (nSPS) is 22.3. The minimum absolute atomic E-state index is 0.0335. The van der Waals surface area contributed by atoms with Gasteiger partial charge in [-0.1, -0.05) is 0 Å². The van der Waals surface area contributed by atoms with E-state index in [2.05, 4.69) is 14.9 Å². The number of piperidine rings is 1. The van der Waals surface area contributed by atoms with Crippen LogP contribution in [0.4, 0.5) is 5.95 Å². The molecule has 1 amide bonds. The van der Waals surface area contributed by atoms with Gasteiger partial charge in [-0.2, -0.15) is 0 Å². The number of nitrogens with one attached hydrogen (secondary N) is 1. The molecule has 1 aliphatic rings. The lowest BCUT2D eigenvalue weighted by Gasteiger charge is -2.30. The number of primary amides is 1. The summed E-state index contributed by atoms with van der Waals surface area (Å²) in [6.45, 7) is 1.63. The van der Waals surface area contributed by atoms with Gasteiger partial charge in [0.05, 0.1) is 5.92 Å². The van der Waals surface area contributed by atoms with E-state index in [1.165, 1.54) is 0 Å². The summed E-state index contributed by atoms with van der Waals surface area (Å²) < 4.78 is 0. The van der Waals surface area contributed by atoms with E-state index in [1.54, 1.807) is 12.4 Å². The van der Waals surface area contributed by atoms with Gasteiger partial charge in [-0.05, 0) is 12.8 Å². The fraction of sp³-hybridized carbons (Fsp3) is 0.556. The molecule has 0 bridgehead atoms. The van der Waals surface area contributed by atoms with E-state index in [0.29, 0.717) is 6.54 Å². The largest absolute Gasteiger partial charge is 0.369 e. The average Bonchev–Trinajstić information content (AvgIpc) is 2.71. The van der Waals surface area contributed by atoms with Crippen molar-refractivity contribution in [3.05, 3.63) is 12.4 Å². The van der Waals surface area contributed by atoms with Crippen LogP contribution in [0.15, 0.2) is 12.4 Å². The van der Waals surface area contributed by atoms with Gasteiger partial charge in [0.2, 0.25) is 11.9 Å². The molecule has 1 aromatic heterocycles. The highest BCUT2D eigenvalue weighted by Crippen LogP contribution is 2.19. The molecule has 0 spiro atoms. The maximum absolute atomic E-state index is 11.0. The van der Waals surface area contributed by atoms with Gasteiger partial charge < -0.3 is 15.6 Å². The lowest BCUT2D eigenvalue weighted by molar-refractivity contribution is -0.122. The van der Waals surface area contributed by atoms with Crippen LogP contribution in [0, 0.1) is 5.92 Å². The fourth-order valence-electron chi connectivity index (χ4n) is 1.83. The number of rotatable bonds is 2. The molecule has 0 radical (unpaired) electrons. The third-order valence-electron chi connectivity index (χ3n) is 2.61. The van der Waals surface area contributed by atoms with Crippen molar-refractivity contribution < 1.29 is 4.79 Å². The predicted octanol–water partition coefficient (Wildman–Crippen LogP) is 0.111. The van der Waals surface area contributed by atoms with Gasteiger partial charge >= 0.3 is 0 Å². The Bertz CT molecular complexity index is 309. The molecule has 76 valence electrons. The molecule has 3 N–H and O–H groups in total. The van der Waals surface area contributed by atoms with Crippen molar-refractivity contribution >= 4 is 11.9 Å². The summed E-state index contributed by atoms with van der Waals surface area (Å²) in [5.74, 6) is 0.589. The second kappa shape index (κ2) is 3.69. The number of nitrogens with zero attached hydrogens (tertiary/aromatic N) is 2. The van der Waals surface area contributed by atoms with Gasteiger partial charge in [-0.15, -0.1) is 0 Å². The van der Waals surface area contributed by atoms with Crippen molar-refractivity contribution in [2.75, 3.05) is 18.0 Å². The number of H-pyrrole nitrogens is 1. The number of nitrogens with two attached hydrogens (primary N) is 1. The summed E-state index contributed by atoms with van der Waals surface area (Å²) in [6, 6.07) is 0. The van der Waals surface area contributed by atoms with Crippen molar-refractivity contribution in [3.8, 4) is 0 Å². The van der Waals surface area contributed by atoms with Crippen LogP contribution in [0.5, 0.6) is 0 Å². The van der Waals surface area contributed by atoms with E-state index < -0.39 is 0 Å². The highest BCUT2D eigenvalue weighted by molar-refractivity contribution is 5.77. The molecule has 1 aliphatic heterocycles. The summed E-state index contributed by atoms with van der Waals surface area (Å²) in [4.78, 5) is 20.3. The summed E-state index contributed by atoms with van der Waals surface area (Å²) in [5.41, 5.74) is 5.29. The zero-order chi connectivity index (χ0) is 9.97. The lowest BCUT2D eigenvalue weighted by atomic mass is 9.98. The van der Waals surface area contributed by atoms with E-state index >= 15 is 0 Å². The molecule has 5 heteroatoms. The molecule has 1 aromatic rings. The number of anilines is 1. The molecule has 14 heavy (non-hydrogen) atoms. The van der Waals surface area contributed by atoms with E-state index in [9.17, 15) is 4.79 Å². The third kappa shape index (κ3) is 1.71. The van der Waals surface area contributed by atoms with Crippen LogP contribution >= 0.6 is 0 Å². The van der Waals surface area contributed by atoms with E-state index in [1.807, 2.05) is 0 Å². The molecule has 5 nitrogen and oxygen atoms in total. The molecule has 1 saturated heterocycles. The Balaban J connectivity index is 2.04. The molecule has 2 rings (SSSR count). The smallest absolute Gasteiger partial charge is 0.222 e. The summed E-state index contributed by atoms with van der Waals surface area (Å²) in [6.07, 6.45) is 5.38. The zero-order valence-corrected chi connectivity index (χ0v) is 7.94. The van der Waals surface area contributed by atoms with Crippen molar-refractivity contribution in [2.45, 2.75) is 12.8 Å². The van der Waals surface area contributed by atoms with Gasteiger partial charge in [0.15, 0.2) is 0 Å². The maximum atomic E-state index is 11.0. The zero-order valence-electron chi connectivity index (χ0n) is 7.94. The van der Waals surface area contributed by atoms with Crippen molar-refractivity contribution in [1.29, 1.82) is 0 Å². The number of aromatic nitrogens is 2. The standard InChI is InChI=1S/C9H14N4O/c10-8(14)7-2-1-5-13(6-7)9-11-3-4-12-9/h3-4,7H,1-2,5-6H2,(H2,10,14)(H,11,12). The van der Waals surface area contributed by atoms with Gasteiger partial charge in [-0.25, -0.2) is 4.98 Å². The summed E-state index contributed by atoms with van der Waals surface area (Å²) in [7, 11) is 0. The minimum Gasteiger partial charge on any atom is -0.369 e. The number of imidazole rings is 1. The third-order valence-corrected chi connectivity index (χ3v) is 2.61. The highest BCUT2D eigenvalue weighted by Gasteiger charge is 2.24. The maximum Gasteiger partial charge on any atom is 0.222 e. The van der Waals surface area contributed by atoms with Gasteiger partial charge in [0.1, 0.15) is 0 Å². The molecule has 0 saturated carbocycles. The van der Waals surface area contributed by atoms with Crippen LogP contribution < -0.4 is 10.6 Å². The van der Waals surface area contributed by atoms with Crippen molar-refractivity contribution in [2.24, 2.45) is 11.7 Å². The first-order valence-electron chi connectivity index (χ1n) is 4.81. The molecule has 0 aromatic carbocycles. The van der Waals surface area contributed by atoms with Gasteiger partial charge in [-0.3, -0.25) is 4.79 Å². The summed E-state index contributed by atoms with van der Waals surface area (Å²) in [5, 5.41) is 0. The predicted molar refractivity (Wildman–Crippen MR) is 52.7 cm³/mol. The molecule has 1 atom stereocenters. The summed E-state index contributed by atoms with van der Waals surface area (Å²) >= 11 is 0. The monoisotopic (exact) mass is 194 g/mol. The average molecular weight is 194 g/mol. The molecule has 1 unspecified atom stereocenters. The topological polar surface area (TPSA) is 75.0 Å². The first-order chi connectivity index (χ1) is 6.77. The van der Waals surface area contributed by atoms with Crippen molar-refractivity contribution in [1.82, 2.24) is 9.97 Å². The number of aromatic amines is 1. The number of carbonyl (C=O) groups is 1. The number of hydrogen-bond acceptors (Lipinski definition) is 3. The van der Waals surface area contributed by atoms with Crippen LogP contribution in [0.25, 0.3) is 0 Å². The molecule has 0 aliphatic carbocycles. The Hall–Kier alpha value is -1.52. The van der Waals surface area contributed by atoms with Crippen molar-refractivity contribution in [3.63, 3.8) is 0 Å². The Labute approximate surface area is 82.3 Å². The van der Waals surface area contributed by atoms with Crippen LogP contribution in [0.1, 0.15) is 12.8 Å². The Morgan fingerprint density at radius 2 is 2.57 bits per heavy atom. The van der Waals surface area contributed by atoms with Crippen LogP contribution in [0.2, 0.25) is 0 Å².